The lowest BCUT2D eigenvalue weighted by Crippen LogP contribution is -2.04. The minimum absolute atomic E-state index is 0.651. The SMILES string of the molecule is c1ccc(Cn2c(SCc3coc(-c4cccs4)n3)nnc2-c2ccncc2)cc1. The van der Waals surface area contributed by atoms with E-state index in [-0.39, 0.29) is 0 Å². The van der Waals surface area contributed by atoms with Crippen molar-refractivity contribution in [1.29, 1.82) is 0 Å². The van der Waals surface area contributed by atoms with E-state index < -0.39 is 0 Å². The van der Waals surface area contributed by atoms with Crippen molar-refractivity contribution >= 4 is 23.1 Å². The van der Waals surface area contributed by atoms with Crippen LogP contribution in [0.25, 0.3) is 22.2 Å². The molecule has 0 bridgehead atoms. The third-order valence-electron chi connectivity index (χ3n) is 4.47. The zero-order valence-corrected chi connectivity index (χ0v) is 17.5. The highest BCUT2D eigenvalue weighted by Crippen LogP contribution is 2.29. The molecule has 0 aliphatic rings. The van der Waals surface area contributed by atoms with Crippen molar-refractivity contribution in [3.8, 4) is 22.2 Å². The fourth-order valence-electron chi connectivity index (χ4n) is 3.04. The lowest BCUT2D eigenvalue weighted by Gasteiger charge is -2.10. The number of nitrogens with zero attached hydrogens (tertiary/aromatic N) is 5. The number of hydrogen-bond acceptors (Lipinski definition) is 7. The van der Waals surface area contributed by atoms with Gasteiger partial charge in [0.25, 0.3) is 0 Å². The molecule has 1 aromatic carbocycles. The van der Waals surface area contributed by atoms with E-state index in [1.54, 1.807) is 41.8 Å². The van der Waals surface area contributed by atoms with Crippen molar-refractivity contribution in [1.82, 2.24) is 24.7 Å². The average Bonchev–Trinajstić information content (AvgIpc) is 3.55. The highest BCUT2D eigenvalue weighted by atomic mass is 32.2. The summed E-state index contributed by atoms with van der Waals surface area (Å²) in [7, 11) is 0. The maximum atomic E-state index is 5.63. The summed E-state index contributed by atoms with van der Waals surface area (Å²) in [6.45, 7) is 0.688. The van der Waals surface area contributed by atoms with E-state index >= 15 is 0 Å². The van der Waals surface area contributed by atoms with Gasteiger partial charge in [0, 0.05) is 23.7 Å². The highest BCUT2D eigenvalue weighted by Gasteiger charge is 2.16. The highest BCUT2D eigenvalue weighted by molar-refractivity contribution is 7.98. The third-order valence-corrected chi connectivity index (χ3v) is 6.33. The Hall–Kier alpha value is -3.23. The van der Waals surface area contributed by atoms with E-state index in [1.807, 2.05) is 47.8 Å². The van der Waals surface area contributed by atoms with E-state index in [2.05, 4.69) is 36.9 Å². The monoisotopic (exact) mass is 431 g/mol. The topological polar surface area (TPSA) is 69.6 Å². The zero-order valence-electron chi connectivity index (χ0n) is 15.9. The van der Waals surface area contributed by atoms with Crippen molar-refractivity contribution in [2.75, 3.05) is 0 Å². The summed E-state index contributed by atoms with van der Waals surface area (Å²) >= 11 is 3.21. The molecule has 4 aromatic heterocycles. The molecular weight excluding hydrogens is 414 g/mol. The molecule has 8 heteroatoms. The minimum atomic E-state index is 0.651. The van der Waals surface area contributed by atoms with Gasteiger partial charge in [-0.1, -0.05) is 48.2 Å². The fourth-order valence-corrected chi connectivity index (χ4v) is 4.51. The average molecular weight is 432 g/mol. The van der Waals surface area contributed by atoms with Gasteiger partial charge in [-0.15, -0.1) is 21.5 Å². The first kappa shape index (κ1) is 18.8. The number of pyridine rings is 1. The van der Waals surface area contributed by atoms with Crippen LogP contribution in [-0.4, -0.2) is 24.7 Å². The molecular formula is C22H17N5OS2. The Kier molecular flexibility index (Phi) is 5.41. The summed E-state index contributed by atoms with van der Waals surface area (Å²) in [4.78, 5) is 9.74. The molecule has 0 aliphatic heterocycles. The summed E-state index contributed by atoms with van der Waals surface area (Å²) in [5, 5.41) is 11.8. The van der Waals surface area contributed by atoms with Gasteiger partial charge in [-0.05, 0) is 29.1 Å². The van der Waals surface area contributed by atoms with Gasteiger partial charge in [0.1, 0.15) is 6.26 Å². The lowest BCUT2D eigenvalue weighted by molar-refractivity contribution is 0.575. The molecule has 30 heavy (non-hydrogen) atoms. The van der Waals surface area contributed by atoms with Crippen LogP contribution in [0.15, 0.2) is 88.2 Å². The van der Waals surface area contributed by atoms with Gasteiger partial charge in [0.15, 0.2) is 11.0 Å². The van der Waals surface area contributed by atoms with Gasteiger partial charge in [-0.25, -0.2) is 4.98 Å². The van der Waals surface area contributed by atoms with E-state index in [0.717, 1.165) is 27.1 Å². The second-order valence-corrected chi connectivity index (χ2v) is 8.41. The molecule has 0 aliphatic carbocycles. The second kappa shape index (κ2) is 8.64. The van der Waals surface area contributed by atoms with Crippen molar-refractivity contribution in [2.24, 2.45) is 0 Å². The van der Waals surface area contributed by atoms with Crippen LogP contribution in [-0.2, 0) is 12.3 Å². The molecule has 148 valence electrons. The first-order valence-corrected chi connectivity index (χ1v) is 11.2. The van der Waals surface area contributed by atoms with Crippen LogP contribution in [0.3, 0.4) is 0 Å². The molecule has 0 N–H and O–H groups in total. The van der Waals surface area contributed by atoms with Gasteiger partial charge >= 0.3 is 0 Å². The fraction of sp³-hybridized carbons (Fsp3) is 0.0909. The molecule has 0 saturated carbocycles. The Bertz CT molecular complexity index is 1220. The van der Waals surface area contributed by atoms with E-state index in [0.29, 0.717) is 18.2 Å². The largest absolute Gasteiger partial charge is 0.444 e. The van der Waals surface area contributed by atoms with Crippen molar-refractivity contribution in [3.05, 3.63) is 89.9 Å². The zero-order chi connectivity index (χ0) is 20.2. The standard InChI is InChI=1S/C22H17N5OS2/c1-2-5-16(6-3-1)13-27-20(17-8-10-23-11-9-17)25-26-22(27)30-15-18-14-28-21(24-18)19-7-4-12-29-19/h1-12,14H,13,15H2. The van der Waals surface area contributed by atoms with Gasteiger partial charge in [-0.2, -0.15) is 0 Å². The first-order valence-electron chi connectivity index (χ1n) is 9.35. The number of benzene rings is 1. The van der Waals surface area contributed by atoms with Crippen molar-refractivity contribution < 1.29 is 4.42 Å². The third kappa shape index (κ3) is 4.05. The van der Waals surface area contributed by atoms with Gasteiger partial charge < -0.3 is 4.42 Å². The number of aromatic nitrogens is 5. The summed E-state index contributed by atoms with van der Waals surface area (Å²) in [5.74, 6) is 2.13. The number of hydrogen-bond donors (Lipinski definition) is 0. The van der Waals surface area contributed by atoms with Crippen molar-refractivity contribution in [3.63, 3.8) is 0 Å². The molecule has 6 nitrogen and oxygen atoms in total. The number of rotatable bonds is 7. The maximum Gasteiger partial charge on any atom is 0.236 e. The van der Waals surface area contributed by atoms with Crippen LogP contribution in [0.5, 0.6) is 0 Å². The molecule has 0 spiro atoms. The second-order valence-electron chi connectivity index (χ2n) is 6.52. The van der Waals surface area contributed by atoms with E-state index in [4.69, 9.17) is 4.42 Å². The molecule has 0 amide bonds. The molecule has 0 unspecified atom stereocenters. The molecule has 0 atom stereocenters. The number of oxazole rings is 1. The molecule has 0 saturated heterocycles. The Labute approximate surface area is 181 Å². The Morgan fingerprint density at radius 1 is 0.967 bits per heavy atom. The normalized spacial score (nSPS) is 11.1. The molecule has 4 heterocycles. The number of thioether (sulfide) groups is 1. The van der Waals surface area contributed by atoms with E-state index in [9.17, 15) is 0 Å². The molecule has 5 aromatic rings. The Morgan fingerprint density at radius 3 is 2.63 bits per heavy atom. The quantitative estimate of drug-likeness (QED) is 0.322. The summed E-state index contributed by atoms with van der Waals surface area (Å²) in [5.41, 5.74) is 3.06. The molecule has 0 radical (unpaired) electrons. The first-order chi connectivity index (χ1) is 14.9. The van der Waals surface area contributed by atoms with Crippen LogP contribution >= 0.6 is 23.1 Å². The summed E-state index contributed by atoms with van der Waals surface area (Å²) in [6.07, 6.45) is 5.25. The predicted octanol–water partition coefficient (Wildman–Crippen LogP) is 5.40. The van der Waals surface area contributed by atoms with Gasteiger partial charge in [0.2, 0.25) is 5.89 Å². The summed E-state index contributed by atoms with van der Waals surface area (Å²) < 4.78 is 7.77. The van der Waals surface area contributed by atoms with Crippen LogP contribution in [0, 0.1) is 0 Å². The van der Waals surface area contributed by atoms with Crippen molar-refractivity contribution in [2.45, 2.75) is 17.5 Å². The van der Waals surface area contributed by atoms with Gasteiger partial charge in [0.05, 0.1) is 17.1 Å². The number of thiophene rings is 1. The lowest BCUT2D eigenvalue weighted by atomic mass is 10.2. The smallest absolute Gasteiger partial charge is 0.236 e. The minimum Gasteiger partial charge on any atom is -0.444 e. The maximum absolute atomic E-state index is 5.63. The van der Waals surface area contributed by atoms with E-state index in [1.165, 1.54) is 5.56 Å². The van der Waals surface area contributed by atoms with Crippen LogP contribution < -0.4 is 0 Å². The Balaban J connectivity index is 1.41. The van der Waals surface area contributed by atoms with Crippen LogP contribution in [0.4, 0.5) is 0 Å². The Morgan fingerprint density at radius 2 is 1.83 bits per heavy atom. The predicted molar refractivity (Wildman–Crippen MR) is 118 cm³/mol. The molecule has 5 rings (SSSR count). The van der Waals surface area contributed by atoms with Crippen LogP contribution in [0.1, 0.15) is 11.3 Å². The van der Waals surface area contributed by atoms with Crippen LogP contribution in [0.2, 0.25) is 0 Å². The molecule has 0 fully saturated rings. The van der Waals surface area contributed by atoms with Gasteiger partial charge in [-0.3, -0.25) is 9.55 Å². The summed E-state index contributed by atoms with van der Waals surface area (Å²) in [6, 6.07) is 18.2.